The lowest BCUT2D eigenvalue weighted by Crippen LogP contribution is -1.98. The maximum atomic E-state index is 5.08. The van der Waals surface area contributed by atoms with Gasteiger partial charge in [-0.25, -0.2) is 4.98 Å². The molecule has 1 aromatic carbocycles. The third-order valence-corrected chi connectivity index (χ3v) is 2.80. The minimum Gasteiger partial charge on any atom is -0.497 e. The fraction of sp³-hybridized carbons (Fsp3) is 0.182. The van der Waals surface area contributed by atoms with Crippen LogP contribution < -0.4 is 10.1 Å². The number of hydrogen-bond donors (Lipinski definition) is 1. The smallest absolute Gasteiger partial charge is 0.119 e. The number of methoxy groups -OCH3 is 1. The van der Waals surface area contributed by atoms with E-state index in [9.17, 15) is 0 Å². The number of thiazole rings is 1. The van der Waals surface area contributed by atoms with Gasteiger partial charge in [-0.15, -0.1) is 11.3 Å². The van der Waals surface area contributed by atoms with Crippen molar-refractivity contribution in [2.24, 2.45) is 0 Å². The minimum absolute atomic E-state index is 0.768. The molecular weight excluding hydrogens is 208 g/mol. The van der Waals surface area contributed by atoms with Crippen LogP contribution in [0.25, 0.3) is 0 Å². The summed E-state index contributed by atoms with van der Waals surface area (Å²) in [6, 6.07) is 7.85. The second kappa shape index (κ2) is 4.79. The first kappa shape index (κ1) is 9.98. The molecule has 0 saturated heterocycles. The minimum atomic E-state index is 0.768. The van der Waals surface area contributed by atoms with Gasteiger partial charge in [0.2, 0.25) is 0 Å². The first-order valence-corrected chi connectivity index (χ1v) is 5.53. The summed E-state index contributed by atoms with van der Waals surface area (Å²) in [6.45, 7) is 0.768. The Balaban J connectivity index is 1.93. The lowest BCUT2D eigenvalue weighted by Gasteiger charge is -2.05. The van der Waals surface area contributed by atoms with Crippen LogP contribution in [-0.2, 0) is 6.54 Å². The largest absolute Gasteiger partial charge is 0.497 e. The zero-order valence-corrected chi connectivity index (χ0v) is 9.25. The van der Waals surface area contributed by atoms with Gasteiger partial charge >= 0.3 is 0 Å². The number of aromatic nitrogens is 1. The van der Waals surface area contributed by atoms with Crippen molar-refractivity contribution < 1.29 is 4.74 Å². The van der Waals surface area contributed by atoms with E-state index in [4.69, 9.17) is 4.74 Å². The standard InChI is InChI=1S/C11H12N2OS/c1-14-10-4-2-9(3-5-10)13-8-11-12-6-7-15-11/h2-7,13H,8H2,1H3. The Morgan fingerprint density at radius 2 is 2.13 bits per heavy atom. The summed E-state index contributed by atoms with van der Waals surface area (Å²) in [5.41, 5.74) is 1.08. The van der Waals surface area contributed by atoms with Gasteiger partial charge in [-0.3, -0.25) is 0 Å². The molecule has 78 valence electrons. The summed E-state index contributed by atoms with van der Waals surface area (Å²) in [5.74, 6) is 0.870. The molecule has 1 aromatic heterocycles. The highest BCUT2D eigenvalue weighted by Crippen LogP contribution is 2.16. The SMILES string of the molecule is COc1ccc(NCc2nccs2)cc1. The van der Waals surface area contributed by atoms with Crippen molar-refractivity contribution in [2.45, 2.75) is 6.54 Å². The Morgan fingerprint density at radius 3 is 2.73 bits per heavy atom. The molecule has 0 aliphatic carbocycles. The van der Waals surface area contributed by atoms with E-state index >= 15 is 0 Å². The van der Waals surface area contributed by atoms with Crippen molar-refractivity contribution in [1.29, 1.82) is 0 Å². The monoisotopic (exact) mass is 220 g/mol. The van der Waals surface area contributed by atoms with Crippen LogP contribution in [-0.4, -0.2) is 12.1 Å². The molecule has 3 nitrogen and oxygen atoms in total. The van der Waals surface area contributed by atoms with E-state index in [0.717, 1.165) is 23.0 Å². The number of rotatable bonds is 4. The highest BCUT2D eigenvalue weighted by Gasteiger charge is 1.96. The van der Waals surface area contributed by atoms with Crippen LogP contribution in [0, 0.1) is 0 Å². The molecule has 4 heteroatoms. The van der Waals surface area contributed by atoms with E-state index in [1.54, 1.807) is 18.4 Å². The van der Waals surface area contributed by atoms with Crippen molar-refractivity contribution in [3.8, 4) is 5.75 Å². The fourth-order valence-corrected chi connectivity index (χ4v) is 1.78. The van der Waals surface area contributed by atoms with Gasteiger partial charge in [0.1, 0.15) is 10.8 Å². The first-order valence-electron chi connectivity index (χ1n) is 4.65. The van der Waals surface area contributed by atoms with Crippen molar-refractivity contribution in [1.82, 2.24) is 4.98 Å². The molecule has 15 heavy (non-hydrogen) atoms. The van der Waals surface area contributed by atoms with Crippen molar-refractivity contribution in [3.05, 3.63) is 40.8 Å². The third kappa shape index (κ3) is 2.70. The highest BCUT2D eigenvalue weighted by atomic mass is 32.1. The molecular formula is C11H12N2OS. The van der Waals surface area contributed by atoms with Crippen LogP contribution in [0.1, 0.15) is 5.01 Å². The van der Waals surface area contributed by atoms with E-state index in [2.05, 4.69) is 10.3 Å². The molecule has 0 saturated carbocycles. The molecule has 0 radical (unpaired) electrons. The second-order valence-corrected chi connectivity index (χ2v) is 3.99. The number of nitrogens with one attached hydrogen (secondary N) is 1. The molecule has 2 aromatic rings. The van der Waals surface area contributed by atoms with Gasteiger partial charge in [0.15, 0.2) is 0 Å². The number of hydrogen-bond acceptors (Lipinski definition) is 4. The number of nitrogens with zero attached hydrogens (tertiary/aromatic N) is 1. The van der Waals surface area contributed by atoms with Gasteiger partial charge in [0.25, 0.3) is 0 Å². The van der Waals surface area contributed by atoms with E-state index in [1.165, 1.54) is 0 Å². The Labute approximate surface area is 92.7 Å². The van der Waals surface area contributed by atoms with E-state index < -0.39 is 0 Å². The summed E-state index contributed by atoms with van der Waals surface area (Å²) >= 11 is 1.65. The molecule has 0 unspecified atom stereocenters. The maximum absolute atomic E-state index is 5.08. The first-order chi connectivity index (χ1) is 7.38. The molecule has 0 atom stereocenters. The Hall–Kier alpha value is -1.55. The van der Waals surface area contributed by atoms with Gasteiger partial charge in [0, 0.05) is 17.3 Å². The molecule has 0 fully saturated rings. The van der Waals surface area contributed by atoms with Gasteiger partial charge in [0.05, 0.1) is 13.7 Å². The zero-order chi connectivity index (χ0) is 10.5. The quantitative estimate of drug-likeness (QED) is 0.860. The molecule has 0 bridgehead atoms. The average molecular weight is 220 g/mol. The topological polar surface area (TPSA) is 34.1 Å². The summed E-state index contributed by atoms with van der Waals surface area (Å²) in [6.07, 6.45) is 1.82. The van der Waals surface area contributed by atoms with Gasteiger partial charge in [-0.05, 0) is 24.3 Å². The average Bonchev–Trinajstić information content (AvgIpc) is 2.80. The number of benzene rings is 1. The highest BCUT2D eigenvalue weighted by molar-refractivity contribution is 7.09. The molecule has 0 spiro atoms. The molecule has 1 N–H and O–H groups in total. The van der Waals surface area contributed by atoms with E-state index in [1.807, 2.05) is 35.8 Å². The van der Waals surface area contributed by atoms with Gasteiger partial charge in [-0.1, -0.05) is 0 Å². The van der Waals surface area contributed by atoms with Crippen LogP contribution in [0.15, 0.2) is 35.8 Å². The Kier molecular flexibility index (Phi) is 3.19. The lowest BCUT2D eigenvalue weighted by atomic mass is 10.3. The second-order valence-electron chi connectivity index (χ2n) is 3.01. The normalized spacial score (nSPS) is 9.93. The Morgan fingerprint density at radius 1 is 1.33 bits per heavy atom. The zero-order valence-electron chi connectivity index (χ0n) is 8.43. The molecule has 2 rings (SSSR count). The molecule has 1 heterocycles. The van der Waals surface area contributed by atoms with Crippen LogP contribution in [0.5, 0.6) is 5.75 Å². The van der Waals surface area contributed by atoms with Crippen LogP contribution in [0.3, 0.4) is 0 Å². The molecule has 0 aliphatic rings. The maximum Gasteiger partial charge on any atom is 0.119 e. The molecule has 0 aliphatic heterocycles. The van der Waals surface area contributed by atoms with Crippen LogP contribution >= 0.6 is 11.3 Å². The molecule has 0 amide bonds. The summed E-state index contributed by atoms with van der Waals surface area (Å²) < 4.78 is 5.08. The Bertz CT molecular complexity index is 397. The third-order valence-electron chi connectivity index (χ3n) is 2.02. The summed E-state index contributed by atoms with van der Waals surface area (Å²) in [5, 5.41) is 6.36. The fourth-order valence-electron chi connectivity index (χ4n) is 1.23. The van der Waals surface area contributed by atoms with Crippen molar-refractivity contribution in [2.75, 3.05) is 12.4 Å². The van der Waals surface area contributed by atoms with Gasteiger partial charge in [-0.2, -0.15) is 0 Å². The van der Waals surface area contributed by atoms with Gasteiger partial charge < -0.3 is 10.1 Å². The number of ether oxygens (including phenoxy) is 1. The van der Waals surface area contributed by atoms with E-state index in [-0.39, 0.29) is 0 Å². The summed E-state index contributed by atoms with van der Waals surface area (Å²) in [7, 11) is 1.66. The van der Waals surface area contributed by atoms with Crippen molar-refractivity contribution in [3.63, 3.8) is 0 Å². The van der Waals surface area contributed by atoms with Crippen LogP contribution in [0.2, 0.25) is 0 Å². The summed E-state index contributed by atoms with van der Waals surface area (Å²) in [4.78, 5) is 4.20. The predicted molar refractivity (Wildman–Crippen MR) is 62.4 cm³/mol. The predicted octanol–water partition coefficient (Wildman–Crippen LogP) is 2.76. The van der Waals surface area contributed by atoms with E-state index in [0.29, 0.717) is 0 Å². The van der Waals surface area contributed by atoms with Crippen LogP contribution in [0.4, 0.5) is 5.69 Å². The lowest BCUT2D eigenvalue weighted by molar-refractivity contribution is 0.415. The number of anilines is 1. The van der Waals surface area contributed by atoms with Crippen molar-refractivity contribution >= 4 is 17.0 Å².